The number of anilines is 1. The number of imidazole rings is 1. The van der Waals surface area contributed by atoms with Gasteiger partial charge < -0.3 is 5.32 Å². The minimum absolute atomic E-state index is 0.855. The fourth-order valence-corrected chi connectivity index (χ4v) is 1.45. The van der Waals surface area contributed by atoms with Gasteiger partial charge in [-0.15, -0.1) is 0 Å². The first-order valence-electron chi connectivity index (χ1n) is 5.15. The summed E-state index contributed by atoms with van der Waals surface area (Å²) in [7, 11) is 0. The molecule has 2 aromatic heterocycles. The molecular weight excluding hydrogens is 190 g/mol. The quantitative estimate of drug-likeness (QED) is 0.823. The molecular formula is C10H15N5. The van der Waals surface area contributed by atoms with E-state index in [1.54, 1.807) is 6.20 Å². The highest BCUT2D eigenvalue weighted by atomic mass is 15.3. The van der Waals surface area contributed by atoms with E-state index in [1.165, 1.54) is 0 Å². The highest BCUT2D eigenvalue weighted by molar-refractivity contribution is 5.38. The Morgan fingerprint density at radius 1 is 1.40 bits per heavy atom. The molecule has 0 fully saturated rings. The summed E-state index contributed by atoms with van der Waals surface area (Å²) in [5.41, 5.74) is 1.03. The molecule has 0 radical (unpaired) electrons. The van der Waals surface area contributed by atoms with E-state index in [9.17, 15) is 0 Å². The first kappa shape index (κ1) is 9.76. The lowest BCUT2D eigenvalue weighted by atomic mass is 10.5. The monoisotopic (exact) mass is 205 g/mol. The average Bonchev–Trinajstić information content (AvgIpc) is 2.85. The maximum absolute atomic E-state index is 4.23. The predicted molar refractivity (Wildman–Crippen MR) is 59.2 cm³/mol. The summed E-state index contributed by atoms with van der Waals surface area (Å²) < 4.78 is 3.88. The van der Waals surface area contributed by atoms with Crippen LogP contribution in [0.5, 0.6) is 0 Å². The van der Waals surface area contributed by atoms with Gasteiger partial charge in [-0.1, -0.05) is 0 Å². The Morgan fingerprint density at radius 2 is 2.27 bits per heavy atom. The Balaban J connectivity index is 2.31. The zero-order chi connectivity index (χ0) is 10.7. The van der Waals surface area contributed by atoms with Crippen molar-refractivity contribution in [3.05, 3.63) is 24.8 Å². The van der Waals surface area contributed by atoms with Crippen LogP contribution in [0.4, 0.5) is 5.95 Å². The van der Waals surface area contributed by atoms with Crippen LogP contribution in [0.2, 0.25) is 0 Å². The van der Waals surface area contributed by atoms with E-state index < -0.39 is 0 Å². The van der Waals surface area contributed by atoms with Gasteiger partial charge >= 0.3 is 0 Å². The van der Waals surface area contributed by atoms with E-state index in [-0.39, 0.29) is 0 Å². The smallest absolute Gasteiger partial charge is 0.207 e. The Kier molecular flexibility index (Phi) is 2.71. The van der Waals surface area contributed by atoms with Crippen LogP contribution >= 0.6 is 0 Å². The molecule has 0 saturated heterocycles. The number of nitrogens with one attached hydrogen (secondary N) is 1. The van der Waals surface area contributed by atoms with Crippen molar-refractivity contribution >= 4 is 5.95 Å². The number of nitrogens with zero attached hydrogens (tertiary/aromatic N) is 4. The number of hydrogen-bond donors (Lipinski definition) is 1. The van der Waals surface area contributed by atoms with Crippen molar-refractivity contribution in [3.8, 4) is 5.69 Å². The van der Waals surface area contributed by atoms with Crippen molar-refractivity contribution in [2.75, 3.05) is 11.9 Å². The van der Waals surface area contributed by atoms with Crippen LogP contribution < -0.4 is 5.32 Å². The molecule has 1 N–H and O–H groups in total. The highest BCUT2D eigenvalue weighted by Crippen LogP contribution is 2.12. The van der Waals surface area contributed by atoms with Crippen LogP contribution in [0.15, 0.2) is 24.8 Å². The minimum atomic E-state index is 0.855. The molecule has 0 spiro atoms. The first-order valence-corrected chi connectivity index (χ1v) is 5.15. The lowest BCUT2D eigenvalue weighted by Crippen LogP contribution is -2.04. The second-order valence-electron chi connectivity index (χ2n) is 3.21. The molecule has 0 saturated carbocycles. The van der Waals surface area contributed by atoms with Gasteiger partial charge in [0.05, 0.1) is 11.9 Å². The maximum atomic E-state index is 4.23. The van der Waals surface area contributed by atoms with E-state index in [0.29, 0.717) is 0 Å². The number of aryl methyl sites for hydroxylation is 1. The zero-order valence-corrected chi connectivity index (χ0v) is 9.01. The van der Waals surface area contributed by atoms with Gasteiger partial charge in [0, 0.05) is 31.7 Å². The van der Waals surface area contributed by atoms with Crippen LogP contribution in [-0.2, 0) is 6.54 Å². The van der Waals surface area contributed by atoms with Gasteiger partial charge in [-0.3, -0.25) is 9.25 Å². The van der Waals surface area contributed by atoms with Crippen molar-refractivity contribution in [3.63, 3.8) is 0 Å². The standard InChI is InChI=1S/C10H15N5/c1-3-11-10-12-5-6-15(10)9-7-13-14(4-2)8-9/h5-8H,3-4H2,1-2H3,(H,11,12). The van der Waals surface area contributed by atoms with Gasteiger partial charge in [-0.2, -0.15) is 5.10 Å². The van der Waals surface area contributed by atoms with Gasteiger partial charge in [0.15, 0.2) is 0 Å². The van der Waals surface area contributed by atoms with Crippen LogP contribution in [0, 0.1) is 0 Å². The van der Waals surface area contributed by atoms with Crippen LogP contribution in [0.25, 0.3) is 5.69 Å². The molecule has 0 aliphatic heterocycles. The molecule has 2 rings (SSSR count). The molecule has 5 nitrogen and oxygen atoms in total. The Morgan fingerprint density at radius 3 is 2.93 bits per heavy atom. The van der Waals surface area contributed by atoms with Crippen molar-refractivity contribution in [2.24, 2.45) is 0 Å². The third-order valence-corrected chi connectivity index (χ3v) is 2.20. The SMILES string of the molecule is CCNc1nccn1-c1cnn(CC)c1. The molecule has 80 valence electrons. The summed E-state index contributed by atoms with van der Waals surface area (Å²) in [5, 5.41) is 7.43. The normalized spacial score (nSPS) is 10.5. The molecule has 5 heteroatoms. The van der Waals surface area contributed by atoms with Gasteiger partial charge in [-0.05, 0) is 13.8 Å². The summed E-state index contributed by atoms with van der Waals surface area (Å²) in [4.78, 5) is 4.23. The third kappa shape index (κ3) is 1.86. The lowest BCUT2D eigenvalue weighted by Gasteiger charge is -2.04. The Hall–Kier alpha value is -1.78. The largest absolute Gasteiger partial charge is 0.356 e. The summed E-state index contributed by atoms with van der Waals surface area (Å²) >= 11 is 0. The maximum Gasteiger partial charge on any atom is 0.207 e. The van der Waals surface area contributed by atoms with Gasteiger partial charge in [0.1, 0.15) is 0 Å². The van der Waals surface area contributed by atoms with Crippen molar-refractivity contribution in [2.45, 2.75) is 20.4 Å². The second-order valence-corrected chi connectivity index (χ2v) is 3.21. The Labute approximate surface area is 88.7 Å². The minimum Gasteiger partial charge on any atom is -0.356 e. The number of hydrogen-bond acceptors (Lipinski definition) is 3. The molecule has 15 heavy (non-hydrogen) atoms. The van der Waals surface area contributed by atoms with E-state index in [2.05, 4.69) is 29.2 Å². The molecule has 0 amide bonds. The summed E-state index contributed by atoms with van der Waals surface area (Å²) in [6.45, 7) is 5.86. The van der Waals surface area contributed by atoms with Gasteiger partial charge in [-0.25, -0.2) is 4.98 Å². The van der Waals surface area contributed by atoms with Crippen molar-refractivity contribution < 1.29 is 0 Å². The second kappa shape index (κ2) is 4.16. The van der Waals surface area contributed by atoms with E-state index in [1.807, 2.05) is 27.8 Å². The van der Waals surface area contributed by atoms with Crippen LogP contribution in [0.1, 0.15) is 13.8 Å². The third-order valence-electron chi connectivity index (χ3n) is 2.20. The summed E-state index contributed by atoms with van der Waals surface area (Å²) in [5.74, 6) is 0.855. The molecule has 0 atom stereocenters. The fourth-order valence-electron chi connectivity index (χ4n) is 1.45. The lowest BCUT2D eigenvalue weighted by molar-refractivity contribution is 0.659. The van der Waals surface area contributed by atoms with E-state index in [4.69, 9.17) is 0 Å². The van der Waals surface area contributed by atoms with Gasteiger partial charge in [0.25, 0.3) is 0 Å². The van der Waals surface area contributed by atoms with E-state index >= 15 is 0 Å². The Bertz CT molecular complexity index is 428. The van der Waals surface area contributed by atoms with Crippen LogP contribution in [0.3, 0.4) is 0 Å². The molecule has 0 aromatic carbocycles. The average molecular weight is 205 g/mol. The topological polar surface area (TPSA) is 47.7 Å². The van der Waals surface area contributed by atoms with Crippen LogP contribution in [-0.4, -0.2) is 25.9 Å². The molecule has 0 aliphatic rings. The molecule has 0 bridgehead atoms. The van der Waals surface area contributed by atoms with E-state index in [0.717, 1.165) is 24.7 Å². The summed E-state index contributed by atoms with van der Waals surface area (Å²) in [6.07, 6.45) is 7.55. The highest BCUT2D eigenvalue weighted by Gasteiger charge is 2.05. The molecule has 0 unspecified atom stereocenters. The molecule has 2 aromatic rings. The fraction of sp³-hybridized carbons (Fsp3) is 0.400. The number of aromatic nitrogens is 4. The predicted octanol–water partition coefficient (Wildman–Crippen LogP) is 1.52. The molecule has 2 heterocycles. The number of rotatable bonds is 4. The van der Waals surface area contributed by atoms with Crippen molar-refractivity contribution in [1.29, 1.82) is 0 Å². The van der Waals surface area contributed by atoms with Gasteiger partial charge in [0.2, 0.25) is 5.95 Å². The summed E-state index contributed by atoms with van der Waals surface area (Å²) in [6, 6.07) is 0. The zero-order valence-electron chi connectivity index (χ0n) is 9.01. The first-order chi connectivity index (χ1) is 7.35. The molecule has 0 aliphatic carbocycles. The van der Waals surface area contributed by atoms with Crippen molar-refractivity contribution in [1.82, 2.24) is 19.3 Å².